The van der Waals surface area contributed by atoms with Gasteiger partial charge in [-0.15, -0.1) is 0 Å². The molecule has 5 nitrogen and oxygen atoms in total. The van der Waals surface area contributed by atoms with E-state index < -0.39 is 11.9 Å². The lowest BCUT2D eigenvalue weighted by molar-refractivity contribution is -0.143. The summed E-state index contributed by atoms with van der Waals surface area (Å²) in [6.07, 6.45) is 2.27. The highest BCUT2D eigenvalue weighted by Crippen LogP contribution is 2.27. The number of piperidine rings is 1. The number of hydrogen-bond donors (Lipinski definition) is 1. The number of ether oxygens (including phenoxy) is 1. The SMILES string of the molecule is CCCOc1ccc(C(=O)N2CCCC(C(=O)O)C2)cc1Br. The molecule has 1 aromatic carbocycles. The van der Waals surface area contributed by atoms with E-state index in [1.165, 1.54) is 0 Å². The second-order valence-corrected chi connectivity index (χ2v) is 6.28. The number of likely N-dealkylation sites (tertiary alicyclic amines) is 1. The molecule has 1 N–H and O–H groups in total. The molecule has 1 heterocycles. The highest BCUT2D eigenvalue weighted by molar-refractivity contribution is 9.10. The molecule has 0 aromatic heterocycles. The van der Waals surface area contributed by atoms with Crippen LogP contribution in [-0.4, -0.2) is 41.6 Å². The van der Waals surface area contributed by atoms with Crippen LogP contribution in [0.1, 0.15) is 36.5 Å². The number of amides is 1. The Bertz CT molecular complexity index is 561. The predicted octanol–water partition coefficient (Wildman–Crippen LogP) is 3.17. The molecule has 0 saturated carbocycles. The number of nitrogens with zero attached hydrogens (tertiary/aromatic N) is 1. The van der Waals surface area contributed by atoms with E-state index in [1.807, 2.05) is 6.92 Å². The zero-order valence-corrected chi connectivity index (χ0v) is 14.1. The molecule has 0 bridgehead atoms. The molecule has 1 saturated heterocycles. The Kier molecular flexibility index (Phi) is 5.83. The van der Waals surface area contributed by atoms with Gasteiger partial charge in [-0.1, -0.05) is 6.92 Å². The first-order valence-corrected chi connectivity index (χ1v) is 8.26. The van der Waals surface area contributed by atoms with Gasteiger partial charge in [0, 0.05) is 18.7 Å². The van der Waals surface area contributed by atoms with Crippen LogP contribution < -0.4 is 4.74 Å². The minimum atomic E-state index is -0.831. The Balaban J connectivity index is 2.09. The van der Waals surface area contributed by atoms with E-state index in [-0.39, 0.29) is 12.5 Å². The van der Waals surface area contributed by atoms with Crippen molar-refractivity contribution in [2.24, 2.45) is 5.92 Å². The number of aliphatic carboxylic acids is 1. The number of carboxylic acids is 1. The van der Waals surface area contributed by atoms with Crippen LogP contribution in [0.4, 0.5) is 0 Å². The molecular weight excluding hydrogens is 350 g/mol. The second-order valence-electron chi connectivity index (χ2n) is 5.42. The smallest absolute Gasteiger partial charge is 0.308 e. The summed E-state index contributed by atoms with van der Waals surface area (Å²) >= 11 is 3.41. The Morgan fingerprint density at radius 2 is 2.23 bits per heavy atom. The molecule has 1 atom stereocenters. The van der Waals surface area contributed by atoms with Gasteiger partial charge in [0.2, 0.25) is 0 Å². The van der Waals surface area contributed by atoms with Crippen LogP contribution in [0.5, 0.6) is 5.75 Å². The minimum Gasteiger partial charge on any atom is -0.492 e. The normalized spacial score (nSPS) is 18.1. The van der Waals surface area contributed by atoms with Crippen molar-refractivity contribution in [1.29, 1.82) is 0 Å². The summed E-state index contributed by atoms with van der Waals surface area (Å²) in [6.45, 7) is 3.54. The first-order valence-electron chi connectivity index (χ1n) is 7.47. The van der Waals surface area contributed by atoms with Crippen LogP contribution >= 0.6 is 15.9 Å². The lowest BCUT2D eigenvalue weighted by atomic mass is 9.97. The van der Waals surface area contributed by atoms with Gasteiger partial charge in [0.25, 0.3) is 5.91 Å². The summed E-state index contributed by atoms with van der Waals surface area (Å²) in [5.41, 5.74) is 0.543. The summed E-state index contributed by atoms with van der Waals surface area (Å²) < 4.78 is 6.30. The molecule has 6 heteroatoms. The summed E-state index contributed by atoms with van der Waals surface area (Å²) in [6, 6.07) is 5.23. The fourth-order valence-corrected chi connectivity index (χ4v) is 3.00. The molecule has 120 valence electrons. The number of carbonyl (C=O) groups is 2. The van der Waals surface area contributed by atoms with Crippen LogP contribution in [0.3, 0.4) is 0 Å². The second kappa shape index (κ2) is 7.63. The Hall–Kier alpha value is -1.56. The average Bonchev–Trinajstić information content (AvgIpc) is 2.53. The monoisotopic (exact) mass is 369 g/mol. The molecule has 1 unspecified atom stereocenters. The van der Waals surface area contributed by atoms with Crippen molar-refractivity contribution in [2.75, 3.05) is 19.7 Å². The van der Waals surface area contributed by atoms with E-state index in [4.69, 9.17) is 9.84 Å². The largest absolute Gasteiger partial charge is 0.492 e. The quantitative estimate of drug-likeness (QED) is 0.865. The van der Waals surface area contributed by atoms with E-state index in [2.05, 4.69) is 15.9 Å². The molecule has 1 aliphatic rings. The van der Waals surface area contributed by atoms with Gasteiger partial charge >= 0.3 is 5.97 Å². The van der Waals surface area contributed by atoms with E-state index in [0.717, 1.165) is 17.3 Å². The number of halogens is 1. The van der Waals surface area contributed by atoms with Crippen LogP contribution in [0.2, 0.25) is 0 Å². The molecule has 22 heavy (non-hydrogen) atoms. The Labute approximate surface area is 138 Å². The van der Waals surface area contributed by atoms with E-state index in [0.29, 0.717) is 30.9 Å². The van der Waals surface area contributed by atoms with Crippen molar-refractivity contribution in [3.05, 3.63) is 28.2 Å². The van der Waals surface area contributed by atoms with Crippen molar-refractivity contribution < 1.29 is 19.4 Å². The predicted molar refractivity (Wildman–Crippen MR) is 86.2 cm³/mol. The number of benzene rings is 1. The number of carboxylic acid groups (broad SMARTS) is 1. The highest BCUT2D eigenvalue weighted by Gasteiger charge is 2.28. The topological polar surface area (TPSA) is 66.8 Å². The molecule has 1 aromatic rings. The van der Waals surface area contributed by atoms with Crippen LogP contribution in [0.25, 0.3) is 0 Å². The summed E-state index contributed by atoms with van der Waals surface area (Å²) in [5, 5.41) is 9.11. The molecular formula is C16H20BrNO4. The first kappa shape index (κ1) is 16.8. The third-order valence-electron chi connectivity index (χ3n) is 3.70. The summed E-state index contributed by atoms with van der Waals surface area (Å²) in [5.74, 6) is -0.718. The van der Waals surface area contributed by atoms with Gasteiger partial charge in [-0.3, -0.25) is 9.59 Å². The van der Waals surface area contributed by atoms with Gasteiger partial charge in [-0.05, 0) is 53.4 Å². The van der Waals surface area contributed by atoms with Crippen molar-refractivity contribution in [2.45, 2.75) is 26.2 Å². The van der Waals surface area contributed by atoms with Crippen molar-refractivity contribution in [3.8, 4) is 5.75 Å². The van der Waals surface area contributed by atoms with Crippen molar-refractivity contribution in [3.63, 3.8) is 0 Å². The zero-order valence-electron chi connectivity index (χ0n) is 12.5. The van der Waals surface area contributed by atoms with Gasteiger partial charge in [-0.2, -0.15) is 0 Å². The fourth-order valence-electron chi connectivity index (χ4n) is 2.51. The summed E-state index contributed by atoms with van der Waals surface area (Å²) in [7, 11) is 0. The zero-order chi connectivity index (χ0) is 16.1. The van der Waals surface area contributed by atoms with Crippen LogP contribution in [0.15, 0.2) is 22.7 Å². The van der Waals surface area contributed by atoms with Crippen molar-refractivity contribution in [1.82, 2.24) is 4.90 Å². The minimum absolute atomic E-state index is 0.131. The van der Waals surface area contributed by atoms with Crippen LogP contribution in [-0.2, 0) is 4.79 Å². The molecule has 1 amide bonds. The maximum absolute atomic E-state index is 12.5. The average molecular weight is 370 g/mol. The molecule has 0 spiro atoms. The van der Waals surface area contributed by atoms with Gasteiger partial charge in [0.1, 0.15) is 5.75 Å². The van der Waals surface area contributed by atoms with E-state index in [9.17, 15) is 9.59 Å². The van der Waals surface area contributed by atoms with Crippen LogP contribution in [0, 0.1) is 5.92 Å². The maximum atomic E-state index is 12.5. The van der Waals surface area contributed by atoms with E-state index in [1.54, 1.807) is 23.1 Å². The number of carbonyl (C=O) groups excluding carboxylic acids is 1. The first-order chi connectivity index (χ1) is 10.5. The highest BCUT2D eigenvalue weighted by atomic mass is 79.9. The third kappa shape index (κ3) is 4.00. The summed E-state index contributed by atoms with van der Waals surface area (Å²) in [4.78, 5) is 25.2. The Morgan fingerprint density at radius 1 is 1.45 bits per heavy atom. The molecule has 0 aliphatic carbocycles. The number of hydrogen-bond acceptors (Lipinski definition) is 3. The maximum Gasteiger partial charge on any atom is 0.308 e. The molecule has 1 fully saturated rings. The Morgan fingerprint density at radius 3 is 2.86 bits per heavy atom. The van der Waals surface area contributed by atoms with Gasteiger partial charge in [-0.25, -0.2) is 0 Å². The van der Waals surface area contributed by atoms with Crippen molar-refractivity contribution >= 4 is 27.8 Å². The number of rotatable bonds is 5. The van der Waals surface area contributed by atoms with Gasteiger partial charge in [0.05, 0.1) is 17.0 Å². The fraction of sp³-hybridized carbons (Fsp3) is 0.500. The lowest BCUT2D eigenvalue weighted by Gasteiger charge is -2.30. The lowest BCUT2D eigenvalue weighted by Crippen LogP contribution is -2.42. The van der Waals surface area contributed by atoms with E-state index >= 15 is 0 Å². The third-order valence-corrected chi connectivity index (χ3v) is 4.32. The molecule has 2 rings (SSSR count). The van der Waals surface area contributed by atoms with Gasteiger partial charge in [0.15, 0.2) is 0 Å². The molecule has 0 radical (unpaired) electrons. The molecule has 1 aliphatic heterocycles. The standard InChI is InChI=1S/C16H20BrNO4/c1-2-8-22-14-6-5-11(9-13(14)17)15(19)18-7-3-4-12(10-18)16(20)21/h5-6,9,12H,2-4,7-8,10H2,1H3,(H,20,21). The van der Waals surface area contributed by atoms with Gasteiger partial charge < -0.3 is 14.7 Å².